The van der Waals surface area contributed by atoms with E-state index in [-0.39, 0.29) is 0 Å². The molecule has 1 saturated heterocycles. The first-order valence-corrected chi connectivity index (χ1v) is 7.14. The molecule has 4 nitrogen and oxygen atoms in total. The number of nitrogens with zero attached hydrogens (tertiary/aromatic N) is 1. The van der Waals surface area contributed by atoms with Crippen molar-refractivity contribution in [3.8, 4) is 11.5 Å². The number of fused-ring (bicyclic) bond motifs is 1. The molecule has 0 spiro atoms. The van der Waals surface area contributed by atoms with Crippen molar-refractivity contribution >= 4 is 11.6 Å². The second-order valence-electron chi connectivity index (χ2n) is 5.05. The van der Waals surface area contributed by atoms with Gasteiger partial charge in [0.25, 0.3) is 0 Å². The van der Waals surface area contributed by atoms with E-state index in [2.05, 4.69) is 10.2 Å². The first-order valence-electron chi connectivity index (χ1n) is 6.76. The predicted octanol–water partition coefficient (Wildman–Crippen LogP) is 1.82. The molecular weight excluding hydrogens is 264 g/mol. The molecule has 0 aliphatic carbocycles. The Morgan fingerprint density at radius 3 is 2.89 bits per heavy atom. The van der Waals surface area contributed by atoms with Crippen LogP contribution in [-0.4, -0.2) is 44.4 Å². The molecule has 1 aromatic rings. The van der Waals surface area contributed by atoms with Gasteiger partial charge in [-0.3, -0.25) is 0 Å². The Morgan fingerprint density at radius 1 is 1.32 bits per heavy atom. The van der Waals surface area contributed by atoms with Gasteiger partial charge in [-0.15, -0.1) is 0 Å². The topological polar surface area (TPSA) is 33.7 Å². The van der Waals surface area contributed by atoms with Crippen LogP contribution in [0.5, 0.6) is 11.5 Å². The third-order valence-corrected chi connectivity index (χ3v) is 4.33. The zero-order valence-corrected chi connectivity index (χ0v) is 11.9. The number of ether oxygens (including phenoxy) is 2. The van der Waals surface area contributed by atoms with Crippen LogP contribution in [0.4, 0.5) is 0 Å². The van der Waals surface area contributed by atoms with Gasteiger partial charge in [-0.1, -0.05) is 11.6 Å². The summed E-state index contributed by atoms with van der Waals surface area (Å²) >= 11 is 6.43. The van der Waals surface area contributed by atoms with E-state index in [4.69, 9.17) is 21.1 Å². The summed E-state index contributed by atoms with van der Waals surface area (Å²) in [6.45, 7) is 7.71. The Labute approximate surface area is 118 Å². The van der Waals surface area contributed by atoms with Gasteiger partial charge in [-0.25, -0.2) is 0 Å². The molecule has 1 aromatic carbocycles. The number of piperazine rings is 1. The van der Waals surface area contributed by atoms with Gasteiger partial charge in [0, 0.05) is 38.3 Å². The van der Waals surface area contributed by atoms with E-state index >= 15 is 0 Å². The van der Waals surface area contributed by atoms with E-state index in [0.717, 1.165) is 66.8 Å². The lowest BCUT2D eigenvalue weighted by Crippen LogP contribution is -2.44. The summed E-state index contributed by atoms with van der Waals surface area (Å²) in [7, 11) is 0. The van der Waals surface area contributed by atoms with E-state index in [0.29, 0.717) is 6.79 Å². The lowest BCUT2D eigenvalue weighted by Gasteiger charge is -2.27. The molecule has 104 valence electrons. The fourth-order valence-corrected chi connectivity index (χ4v) is 2.88. The minimum Gasteiger partial charge on any atom is -0.454 e. The Kier molecular flexibility index (Phi) is 3.82. The molecular formula is C14H19ClN2O2. The number of halogens is 1. The van der Waals surface area contributed by atoms with E-state index in [1.54, 1.807) is 0 Å². The second kappa shape index (κ2) is 5.57. The van der Waals surface area contributed by atoms with Crippen LogP contribution in [0.1, 0.15) is 11.1 Å². The normalized spacial score (nSPS) is 18.8. The van der Waals surface area contributed by atoms with Crippen molar-refractivity contribution in [1.29, 1.82) is 0 Å². The maximum Gasteiger partial charge on any atom is 0.231 e. The highest BCUT2D eigenvalue weighted by Gasteiger charge is 2.21. The maximum atomic E-state index is 6.43. The van der Waals surface area contributed by atoms with Gasteiger partial charge in [-0.05, 0) is 25.0 Å². The summed E-state index contributed by atoms with van der Waals surface area (Å²) in [4.78, 5) is 2.47. The molecule has 2 aliphatic heterocycles. The summed E-state index contributed by atoms with van der Waals surface area (Å²) in [5.41, 5.74) is 2.15. The summed E-state index contributed by atoms with van der Waals surface area (Å²) < 4.78 is 10.9. The standard InChI is InChI=1S/C14H19ClN2O2/c1-10-13(15)11(8-12-14(10)19-9-18-12)2-5-17-6-3-16-4-7-17/h8,16H,2-7,9H2,1H3. The maximum absolute atomic E-state index is 6.43. The van der Waals surface area contributed by atoms with Crippen molar-refractivity contribution < 1.29 is 9.47 Å². The summed E-state index contributed by atoms with van der Waals surface area (Å²) in [6.07, 6.45) is 0.955. The van der Waals surface area contributed by atoms with Crippen LogP contribution < -0.4 is 14.8 Å². The first-order chi connectivity index (χ1) is 9.25. The van der Waals surface area contributed by atoms with Crippen molar-refractivity contribution in [2.75, 3.05) is 39.5 Å². The van der Waals surface area contributed by atoms with Crippen LogP contribution in [0.25, 0.3) is 0 Å². The number of hydrogen-bond donors (Lipinski definition) is 1. The largest absolute Gasteiger partial charge is 0.454 e. The van der Waals surface area contributed by atoms with Gasteiger partial charge in [0.1, 0.15) is 0 Å². The lowest BCUT2D eigenvalue weighted by molar-refractivity contribution is 0.173. The predicted molar refractivity (Wildman–Crippen MR) is 75.3 cm³/mol. The molecule has 0 bridgehead atoms. The van der Waals surface area contributed by atoms with Crippen molar-refractivity contribution in [3.05, 3.63) is 22.2 Å². The fourth-order valence-electron chi connectivity index (χ4n) is 2.65. The van der Waals surface area contributed by atoms with Gasteiger partial charge >= 0.3 is 0 Å². The number of rotatable bonds is 3. The van der Waals surface area contributed by atoms with Gasteiger partial charge in [-0.2, -0.15) is 0 Å². The monoisotopic (exact) mass is 282 g/mol. The van der Waals surface area contributed by atoms with Crippen molar-refractivity contribution in [2.24, 2.45) is 0 Å². The van der Waals surface area contributed by atoms with Gasteiger partial charge < -0.3 is 19.7 Å². The molecule has 0 amide bonds. The molecule has 19 heavy (non-hydrogen) atoms. The van der Waals surface area contributed by atoms with E-state index < -0.39 is 0 Å². The summed E-state index contributed by atoms with van der Waals surface area (Å²) in [6, 6.07) is 2.03. The average molecular weight is 283 g/mol. The Morgan fingerprint density at radius 2 is 2.11 bits per heavy atom. The Balaban J connectivity index is 1.72. The van der Waals surface area contributed by atoms with Crippen LogP contribution in [0.15, 0.2) is 6.07 Å². The smallest absolute Gasteiger partial charge is 0.231 e. The molecule has 2 heterocycles. The zero-order chi connectivity index (χ0) is 13.2. The van der Waals surface area contributed by atoms with Gasteiger partial charge in [0.05, 0.1) is 5.02 Å². The quantitative estimate of drug-likeness (QED) is 0.917. The molecule has 0 unspecified atom stereocenters. The zero-order valence-electron chi connectivity index (χ0n) is 11.2. The summed E-state index contributed by atoms with van der Waals surface area (Å²) in [5.74, 6) is 1.63. The molecule has 0 radical (unpaired) electrons. The second-order valence-corrected chi connectivity index (χ2v) is 5.43. The molecule has 2 aliphatic rings. The number of hydrogen-bond acceptors (Lipinski definition) is 4. The van der Waals surface area contributed by atoms with E-state index in [1.807, 2.05) is 13.0 Å². The van der Waals surface area contributed by atoms with Crippen molar-refractivity contribution in [3.63, 3.8) is 0 Å². The van der Waals surface area contributed by atoms with Crippen LogP contribution in [0.2, 0.25) is 5.02 Å². The average Bonchev–Trinajstić information content (AvgIpc) is 2.91. The van der Waals surface area contributed by atoms with Crippen molar-refractivity contribution in [2.45, 2.75) is 13.3 Å². The summed E-state index contributed by atoms with van der Waals surface area (Å²) in [5, 5.41) is 4.18. The van der Waals surface area contributed by atoms with Crippen LogP contribution in [0.3, 0.4) is 0 Å². The molecule has 1 N–H and O–H groups in total. The fraction of sp³-hybridized carbons (Fsp3) is 0.571. The molecule has 0 atom stereocenters. The first kappa shape index (κ1) is 13.0. The lowest BCUT2D eigenvalue weighted by atomic mass is 10.1. The van der Waals surface area contributed by atoms with Crippen LogP contribution in [0, 0.1) is 6.92 Å². The number of nitrogens with one attached hydrogen (secondary N) is 1. The SMILES string of the molecule is Cc1c(Cl)c(CCN2CCNCC2)cc2c1OCO2. The number of benzene rings is 1. The van der Waals surface area contributed by atoms with E-state index in [9.17, 15) is 0 Å². The Hall–Kier alpha value is -0.970. The van der Waals surface area contributed by atoms with Crippen LogP contribution in [-0.2, 0) is 6.42 Å². The third-order valence-electron chi connectivity index (χ3n) is 3.81. The van der Waals surface area contributed by atoms with E-state index in [1.165, 1.54) is 0 Å². The molecule has 3 rings (SSSR count). The molecule has 0 saturated carbocycles. The highest BCUT2D eigenvalue weighted by atomic mass is 35.5. The Bertz CT molecular complexity index is 473. The minimum absolute atomic E-state index is 0.299. The van der Waals surface area contributed by atoms with Crippen molar-refractivity contribution in [1.82, 2.24) is 10.2 Å². The molecule has 5 heteroatoms. The molecule has 0 aromatic heterocycles. The highest BCUT2D eigenvalue weighted by Crippen LogP contribution is 2.41. The van der Waals surface area contributed by atoms with Gasteiger partial charge in [0.2, 0.25) is 6.79 Å². The highest BCUT2D eigenvalue weighted by molar-refractivity contribution is 6.32. The van der Waals surface area contributed by atoms with Gasteiger partial charge in [0.15, 0.2) is 11.5 Å². The minimum atomic E-state index is 0.299. The van der Waals surface area contributed by atoms with Crippen LogP contribution >= 0.6 is 11.6 Å². The third kappa shape index (κ3) is 2.66. The molecule has 1 fully saturated rings.